The van der Waals surface area contributed by atoms with E-state index >= 15 is 0 Å². The van der Waals surface area contributed by atoms with Crippen molar-refractivity contribution in [2.45, 2.75) is 53.4 Å². The van der Waals surface area contributed by atoms with E-state index in [-0.39, 0.29) is 0 Å². The van der Waals surface area contributed by atoms with Crippen molar-refractivity contribution >= 4 is 10.8 Å². The summed E-state index contributed by atoms with van der Waals surface area (Å²) in [4.78, 5) is 0. The zero-order valence-electron chi connectivity index (χ0n) is 12.4. The molecule has 0 aromatic heterocycles. The lowest BCUT2D eigenvalue weighted by Crippen LogP contribution is -1.67. The fourth-order valence-corrected chi connectivity index (χ4v) is 1.13. The van der Waals surface area contributed by atoms with Crippen LogP contribution in [0.4, 0.5) is 0 Å². The third-order valence-corrected chi connectivity index (χ3v) is 2.66. The van der Waals surface area contributed by atoms with Crippen LogP contribution in [0.5, 0.6) is 0 Å². The van der Waals surface area contributed by atoms with Gasteiger partial charge in [-0.05, 0) is 10.8 Å². The molecule has 18 heavy (non-hydrogen) atoms. The molecule has 0 heterocycles. The summed E-state index contributed by atoms with van der Waals surface area (Å²) in [6.07, 6.45) is 5.28. The maximum Gasteiger partial charge on any atom is -0.0184 e. The van der Waals surface area contributed by atoms with Crippen LogP contribution >= 0.6 is 0 Å². The van der Waals surface area contributed by atoms with Gasteiger partial charge in [-0.2, -0.15) is 0 Å². The molecule has 0 saturated carbocycles. The van der Waals surface area contributed by atoms with Gasteiger partial charge in [0.2, 0.25) is 0 Å². The van der Waals surface area contributed by atoms with Gasteiger partial charge in [-0.25, -0.2) is 0 Å². The summed E-state index contributed by atoms with van der Waals surface area (Å²) in [5.41, 5.74) is 0. The maximum absolute atomic E-state index is 2.18. The van der Waals surface area contributed by atoms with Gasteiger partial charge in [0.1, 0.15) is 0 Å². The molecular weight excluding hydrogens is 216 g/mol. The Labute approximate surface area is 113 Å². The summed E-state index contributed by atoms with van der Waals surface area (Å²) in [6.45, 7) is 8.72. The Morgan fingerprint density at radius 2 is 0.722 bits per heavy atom. The number of unbranched alkanes of at least 4 members (excludes halogenated alkanes) is 2. The molecule has 0 aliphatic heterocycles. The van der Waals surface area contributed by atoms with E-state index in [1.165, 1.54) is 36.5 Å². The number of rotatable bonds is 2. The van der Waals surface area contributed by atoms with E-state index in [1.54, 1.807) is 0 Å². The van der Waals surface area contributed by atoms with Gasteiger partial charge >= 0.3 is 0 Å². The minimum Gasteiger partial charge on any atom is -0.0654 e. The maximum atomic E-state index is 2.18. The molecule has 0 saturated heterocycles. The molecule has 0 unspecified atom stereocenters. The average Bonchev–Trinajstić information content (AvgIpc) is 2.48. The first-order valence-electron chi connectivity index (χ1n) is 7.23. The summed E-state index contributed by atoms with van der Waals surface area (Å²) >= 11 is 0. The molecular formula is C18H28. The van der Waals surface area contributed by atoms with Crippen LogP contribution in [0.15, 0.2) is 48.5 Å². The Kier molecular flexibility index (Phi) is 11.3. The Balaban J connectivity index is 0.000000307. The Morgan fingerprint density at radius 3 is 0.889 bits per heavy atom. The predicted octanol–water partition coefficient (Wildman–Crippen LogP) is 6.45. The van der Waals surface area contributed by atoms with Crippen LogP contribution in [-0.4, -0.2) is 0 Å². The van der Waals surface area contributed by atoms with Gasteiger partial charge in [-0.1, -0.05) is 102 Å². The molecule has 0 nitrogen and oxygen atoms in total. The quantitative estimate of drug-likeness (QED) is 0.569. The van der Waals surface area contributed by atoms with Crippen molar-refractivity contribution in [2.24, 2.45) is 0 Å². The first kappa shape index (κ1) is 16.7. The second-order valence-electron chi connectivity index (χ2n) is 4.35. The second kappa shape index (κ2) is 12.2. The van der Waals surface area contributed by atoms with Crippen LogP contribution in [-0.2, 0) is 0 Å². The number of fused-ring (bicyclic) bond motifs is 1. The van der Waals surface area contributed by atoms with Gasteiger partial charge in [0.25, 0.3) is 0 Å². The highest BCUT2D eigenvalue weighted by Crippen LogP contribution is 2.11. The van der Waals surface area contributed by atoms with Gasteiger partial charge in [-0.15, -0.1) is 0 Å². The highest BCUT2D eigenvalue weighted by Gasteiger charge is 1.85. The van der Waals surface area contributed by atoms with Crippen molar-refractivity contribution in [3.63, 3.8) is 0 Å². The first-order chi connectivity index (χ1) is 8.79. The number of hydrogen-bond donors (Lipinski definition) is 0. The van der Waals surface area contributed by atoms with E-state index in [0.29, 0.717) is 0 Å². The Morgan fingerprint density at radius 1 is 0.500 bits per heavy atom. The molecule has 0 N–H and O–H groups in total. The minimum atomic E-state index is 1.31. The van der Waals surface area contributed by atoms with Crippen LogP contribution in [0.2, 0.25) is 0 Å². The van der Waals surface area contributed by atoms with Crippen molar-refractivity contribution in [3.05, 3.63) is 48.5 Å². The highest BCUT2D eigenvalue weighted by molar-refractivity contribution is 5.81. The van der Waals surface area contributed by atoms with Crippen molar-refractivity contribution < 1.29 is 0 Å². The van der Waals surface area contributed by atoms with Crippen molar-refractivity contribution in [1.29, 1.82) is 0 Å². The fourth-order valence-electron chi connectivity index (χ4n) is 1.13. The molecule has 0 fully saturated rings. The third-order valence-electron chi connectivity index (χ3n) is 2.66. The van der Waals surface area contributed by atoms with Crippen LogP contribution < -0.4 is 0 Å². The van der Waals surface area contributed by atoms with E-state index in [9.17, 15) is 0 Å². The summed E-state index contributed by atoms with van der Waals surface area (Å²) in [5, 5.41) is 2.62. The van der Waals surface area contributed by atoms with Gasteiger partial charge in [0, 0.05) is 0 Å². The van der Waals surface area contributed by atoms with E-state index in [0.717, 1.165) is 0 Å². The van der Waals surface area contributed by atoms with E-state index in [1.807, 2.05) is 0 Å². The first-order valence-corrected chi connectivity index (χ1v) is 7.23. The van der Waals surface area contributed by atoms with Gasteiger partial charge in [-0.3, -0.25) is 0 Å². The smallest absolute Gasteiger partial charge is 0.0184 e. The zero-order chi connectivity index (χ0) is 13.6. The monoisotopic (exact) mass is 244 g/mol. The fraction of sp³-hybridized carbons (Fsp3) is 0.444. The minimum absolute atomic E-state index is 1.31. The van der Waals surface area contributed by atoms with E-state index in [4.69, 9.17) is 0 Å². The van der Waals surface area contributed by atoms with Crippen LogP contribution in [0.1, 0.15) is 53.4 Å². The third kappa shape index (κ3) is 7.89. The Bertz CT molecular complexity index is 316. The van der Waals surface area contributed by atoms with Crippen molar-refractivity contribution in [3.8, 4) is 0 Å². The molecule has 0 aliphatic rings. The summed E-state index contributed by atoms with van der Waals surface area (Å²) in [5.74, 6) is 0. The molecule has 2 rings (SSSR count). The van der Waals surface area contributed by atoms with E-state index in [2.05, 4.69) is 76.2 Å². The summed E-state index contributed by atoms with van der Waals surface area (Å²) < 4.78 is 0. The molecule has 0 radical (unpaired) electrons. The molecule has 0 amide bonds. The molecule has 0 heteroatoms. The SMILES string of the molecule is CCCC.CCCC.c1ccc2ccccc2c1. The Hall–Kier alpha value is -1.30. The van der Waals surface area contributed by atoms with Crippen LogP contribution in [0.3, 0.4) is 0 Å². The number of benzene rings is 2. The van der Waals surface area contributed by atoms with Gasteiger partial charge in [0.05, 0.1) is 0 Å². The second-order valence-corrected chi connectivity index (χ2v) is 4.35. The topological polar surface area (TPSA) is 0 Å². The molecule has 0 aliphatic carbocycles. The zero-order valence-corrected chi connectivity index (χ0v) is 12.4. The molecule has 0 spiro atoms. The molecule has 2 aromatic carbocycles. The summed E-state index contributed by atoms with van der Waals surface area (Å²) in [7, 11) is 0. The van der Waals surface area contributed by atoms with Crippen LogP contribution in [0, 0.1) is 0 Å². The standard InChI is InChI=1S/C10H8.2C4H10/c1-2-6-10-8-4-3-7-9(10)5-1;2*1-3-4-2/h1-8H;2*3-4H2,1-2H3. The summed E-state index contributed by atoms with van der Waals surface area (Å²) in [6, 6.07) is 16.7. The lowest BCUT2D eigenvalue weighted by atomic mass is 10.1. The number of hydrogen-bond acceptors (Lipinski definition) is 0. The van der Waals surface area contributed by atoms with Crippen LogP contribution in [0.25, 0.3) is 10.8 Å². The van der Waals surface area contributed by atoms with Crippen molar-refractivity contribution in [2.75, 3.05) is 0 Å². The average molecular weight is 244 g/mol. The van der Waals surface area contributed by atoms with Gasteiger partial charge < -0.3 is 0 Å². The largest absolute Gasteiger partial charge is 0.0654 e. The van der Waals surface area contributed by atoms with Gasteiger partial charge in [0.15, 0.2) is 0 Å². The molecule has 0 bridgehead atoms. The molecule has 2 aromatic rings. The lowest BCUT2D eigenvalue weighted by Gasteiger charge is -1.92. The molecule has 0 atom stereocenters. The van der Waals surface area contributed by atoms with E-state index < -0.39 is 0 Å². The predicted molar refractivity (Wildman–Crippen MR) is 85.1 cm³/mol. The van der Waals surface area contributed by atoms with Crippen molar-refractivity contribution in [1.82, 2.24) is 0 Å². The lowest BCUT2D eigenvalue weighted by molar-refractivity contribution is 0.886. The highest BCUT2D eigenvalue weighted by atomic mass is 13.9. The normalized spacial score (nSPS) is 8.89. The molecule has 100 valence electrons.